The molecule has 2 aromatic rings. The number of nitrogens with zero attached hydrogens (tertiary/aromatic N) is 2. The van der Waals surface area contributed by atoms with E-state index in [9.17, 15) is 14.4 Å². The van der Waals surface area contributed by atoms with E-state index in [1.54, 1.807) is 17.0 Å². The van der Waals surface area contributed by atoms with E-state index in [0.717, 1.165) is 5.39 Å². The molecule has 1 aliphatic heterocycles. The Bertz CT molecular complexity index is 940. The van der Waals surface area contributed by atoms with Crippen LogP contribution in [0, 0.1) is 0 Å². The van der Waals surface area contributed by atoms with Crippen LogP contribution >= 0.6 is 0 Å². The van der Waals surface area contributed by atoms with E-state index in [0.29, 0.717) is 44.8 Å². The molecular formula is C21H28N4O4. The number of fused-ring (bicyclic) bond motifs is 1. The molecule has 29 heavy (non-hydrogen) atoms. The van der Waals surface area contributed by atoms with Crippen LogP contribution in [-0.4, -0.2) is 71.7 Å². The Hall–Kier alpha value is -2.87. The number of carbonyl (C=O) groups is 2. The van der Waals surface area contributed by atoms with Gasteiger partial charge in [0, 0.05) is 44.8 Å². The van der Waals surface area contributed by atoms with Gasteiger partial charge in [-0.15, -0.1) is 0 Å². The second-order valence-corrected chi connectivity index (χ2v) is 8.16. The molecular weight excluding hydrogens is 372 g/mol. The average Bonchev–Trinajstić information content (AvgIpc) is 2.66. The number of pyridine rings is 1. The molecule has 2 heterocycles. The van der Waals surface area contributed by atoms with Gasteiger partial charge in [-0.25, -0.2) is 4.79 Å². The first-order valence-electron chi connectivity index (χ1n) is 9.83. The second-order valence-electron chi connectivity index (χ2n) is 8.16. The number of rotatable bonds is 4. The van der Waals surface area contributed by atoms with Crippen LogP contribution in [0.15, 0.2) is 35.1 Å². The number of ether oxygens (including phenoxy) is 1. The van der Waals surface area contributed by atoms with Crippen LogP contribution < -0.4 is 10.9 Å². The Morgan fingerprint density at radius 3 is 2.52 bits per heavy atom. The maximum atomic E-state index is 12.4. The van der Waals surface area contributed by atoms with Gasteiger partial charge in [0.15, 0.2) is 0 Å². The molecule has 8 nitrogen and oxygen atoms in total. The molecule has 1 fully saturated rings. The van der Waals surface area contributed by atoms with Crippen molar-refractivity contribution in [2.75, 3.05) is 39.3 Å². The lowest BCUT2D eigenvalue weighted by Crippen LogP contribution is -2.51. The van der Waals surface area contributed by atoms with Gasteiger partial charge in [0.1, 0.15) is 11.2 Å². The highest BCUT2D eigenvalue weighted by Gasteiger charge is 2.25. The number of aromatic amines is 1. The molecule has 1 saturated heterocycles. The van der Waals surface area contributed by atoms with Crippen LogP contribution in [0.5, 0.6) is 0 Å². The second kappa shape index (κ2) is 8.65. The van der Waals surface area contributed by atoms with Crippen LogP contribution in [0.3, 0.4) is 0 Å². The molecule has 0 bridgehead atoms. The Kier molecular flexibility index (Phi) is 6.22. The third-order valence-electron chi connectivity index (χ3n) is 4.74. The lowest BCUT2D eigenvalue weighted by Gasteiger charge is -2.35. The summed E-state index contributed by atoms with van der Waals surface area (Å²) in [5.41, 5.74) is -0.0819. The SMILES string of the molecule is CC(C)(C)OC(=O)N1CCN(CCNC(=O)c2cc3ccccc3[nH]c2=O)CC1. The minimum Gasteiger partial charge on any atom is -0.444 e. The van der Waals surface area contributed by atoms with Crippen molar-refractivity contribution < 1.29 is 14.3 Å². The fourth-order valence-corrected chi connectivity index (χ4v) is 3.22. The summed E-state index contributed by atoms with van der Waals surface area (Å²) in [6.07, 6.45) is -0.291. The van der Waals surface area contributed by atoms with E-state index in [1.165, 1.54) is 0 Å². The van der Waals surface area contributed by atoms with Crippen molar-refractivity contribution in [1.82, 2.24) is 20.1 Å². The van der Waals surface area contributed by atoms with Gasteiger partial charge in [0.25, 0.3) is 11.5 Å². The van der Waals surface area contributed by atoms with Crippen molar-refractivity contribution >= 4 is 22.9 Å². The number of piperazine rings is 1. The molecule has 3 rings (SSSR count). The van der Waals surface area contributed by atoms with Crippen molar-refractivity contribution in [2.45, 2.75) is 26.4 Å². The number of carbonyl (C=O) groups excluding carboxylic acids is 2. The molecule has 0 saturated carbocycles. The number of hydrogen-bond acceptors (Lipinski definition) is 5. The average molecular weight is 400 g/mol. The lowest BCUT2D eigenvalue weighted by molar-refractivity contribution is 0.0147. The summed E-state index contributed by atoms with van der Waals surface area (Å²) in [6.45, 7) is 9.24. The summed E-state index contributed by atoms with van der Waals surface area (Å²) < 4.78 is 5.39. The molecule has 0 atom stereocenters. The van der Waals surface area contributed by atoms with E-state index >= 15 is 0 Å². The summed E-state index contributed by atoms with van der Waals surface area (Å²) in [7, 11) is 0. The van der Waals surface area contributed by atoms with E-state index in [-0.39, 0.29) is 17.6 Å². The monoisotopic (exact) mass is 400 g/mol. The van der Waals surface area contributed by atoms with E-state index < -0.39 is 11.2 Å². The maximum absolute atomic E-state index is 12.4. The predicted molar refractivity (Wildman–Crippen MR) is 111 cm³/mol. The minimum atomic E-state index is -0.501. The third kappa shape index (κ3) is 5.57. The lowest BCUT2D eigenvalue weighted by atomic mass is 10.1. The van der Waals surface area contributed by atoms with Gasteiger partial charge in [0.2, 0.25) is 0 Å². The summed E-state index contributed by atoms with van der Waals surface area (Å²) in [5, 5.41) is 3.63. The molecule has 1 aliphatic rings. The predicted octanol–water partition coefficient (Wildman–Crippen LogP) is 1.81. The zero-order chi connectivity index (χ0) is 21.0. The van der Waals surface area contributed by atoms with Gasteiger partial charge in [-0.2, -0.15) is 0 Å². The summed E-state index contributed by atoms with van der Waals surface area (Å²) in [5.74, 6) is -0.385. The summed E-state index contributed by atoms with van der Waals surface area (Å²) >= 11 is 0. The standard InChI is InChI=1S/C21H28N4O4/c1-21(2,3)29-20(28)25-12-10-24(11-13-25)9-8-22-18(26)16-14-15-6-4-5-7-17(15)23-19(16)27/h4-7,14H,8-13H2,1-3H3,(H,22,26)(H,23,27). The number of benzene rings is 1. The molecule has 8 heteroatoms. The molecule has 1 aromatic heterocycles. The van der Waals surface area contributed by atoms with E-state index in [4.69, 9.17) is 4.74 Å². The molecule has 0 radical (unpaired) electrons. The third-order valence-corrected chi connectivity index (χ3v) is 4.74. The van der Waals surface area contributed by atoms with Crippen LogP contribution in [0.2, 0.25) is 0 Å². The highest BCUT2D eigenvalue weighted by atomic mass is 16.6. The smallest absolute Gasteiger partial charge is 0.410 e. The first-order chi connectivity index (χ1) is 13.7. The number of amides is 2. The molecule has 2 N–H and O–H groups in total. The van der Waals surface area contributed by atoms with E-state index in [2.05, 4.69) is 15.2 Å². The van der Waals surface area contributed by atoms with Crippen molar-refractivity contribution in [2.24, 2.45) is 0 Å². The normalized spacial score (nSPS) is 15.3. The number of H-pyrrole nitrogens is 1. The quantitative estimate of drug-likeness (QED) is 0.816. The number of nitrogens with one attached hydrogen (secondary N) is 2. The van der Waals surface area contributed by atoms with Gasteiger partial charge in [-0.05, 0) is 38.3 Å². The Labute approximate surface area is 169 Å². The van der Waals surface area contributed by atoms with Gasteiger partial charge in [-0.3, -0.25) is 14.5 Å². The number of hydrogen-bond donors (Lipinski definition) is 2. The van der Waals surface area contributed by atoms with Gasteiger partial charge < -0.3 is 19.9 Å². The van der Waals surface area contributed by atoms with Crippen LogP contribution in [-0.2, 0) is 4.74 Å². The van der Waals surface area contributed by atoms with Crippen molar-refractivity contribution in [3.63, 3.8) is 0 Å². The molecule has 2 amide bonds. The highest BCUT2D eigenvalue weighted by molar-refractivity contribution is 5.97. The molecule has 0 spiro atoms. The number of para-hydroxylation sites is 1. The summed E-state index contributed by atoms with van der Waals surface area (Å²) in [4.78, 5) is 43.3. The van der Waals surface area contributed by atoms with Gasteiger partial charge >= 0.3 is 6.09 Å². The summed E-state index contributed by atoms with van der Waals surface area (Å²) in [6, 6.07) is 8.96. The zero-order valence-electron chi connectivity index (χ0n) is 17.2. The largest absolute Gasteiger partial charge is 0.444 e. The van der Waals surface area contributed by atoms with E-state index in [1.807, 2.05) is 39.0 Å². The fraction of sp³-hybridized carbons (Fsp3) is 0.476. The van der Waals surface area contributed by atoms with Crippen molar-refractivity contribution in [3.8, 4) is 0 Å². The molecule has 0 aliphatic carbocycles. The Morgan fingerprint density at radius 2 is 1.83 bits per heavy atom. The molecule has 1 aromatic carbocycles. The maximum Gasteiger partial charge on any atom is 0.410 e. The topological polar surface area (TPSA) is 94.7 Å². The van der Waals surface area contributed by atoms with Crippen LogP contribution in [0.1, 0.15) is 31.1 Å². The van der Waals surface area contributed by atoms with Crippen molar-refractivity contribution in [1.29, 1.82) is 0 Å². The highest BCUT2D eigenvalue weighted by Crippen LogP contribution is 2.12. The number of aromatic nitrogens is 1. The van der Waals surface area contributed by atoms with Gasteiger partial charge in [0.05, 0.1) is 0 Å². The first kappa shape index (κ1) is 20.9. The molecule has 156 valence electrons. The zero-order valence-corrected chi connectivity index (χ0v) is 17.2. The molecule has 0 unspecified atom stereocenters. The van der Waals surface area contributed by atoms with Gasteiger partial charge in [-0.1, -0.05) is 18.2 Å². The van der Waals surface area contributed by atoms with Crippen LogP contribution in [0.4, 0.5) is 4.79 Å². The Morgan fingerprint density at radius 1 is 1.14 bits per heavy atom. The Balaban J connectivity index is 1.46. The van der Waals surface area contributed by atoms with Crippen LogP contribution in [0.25, 0.3) is 10.9 Å². The first-order valence-corrected chi connectivity index (χ1v) is 9.83. The van der Waals surface area contributed by atoms with Crippen molar-refractivity contribution in [3.05, 3.63) is 46.2 Å². The fourth-order valence-electron chi connectivity index (χ4n) is 3.22. The minimum absolute atomic E-state index is 0.110.